The predicted octanol–water partition coefficient (Wildman–Crippen LogP) is -0.897. The third-order valence-electron chi connectivity index (χ3n) is 2.15. The van der Waals surface area contributed by atoms with E-state index in [1.807, 2.05) is 0 Å². The van der Waals surface area contributed by atoms with Gasteiger partial charge in [-0.25, -0.2) is 0 Å². The highest BCUT2D eigenvalue weighted by Gasteiger charge is 2.29. The number of nitrogens with one attached hydrogen (secondary N) is 1. The first-order valence-electron chi connectivity index (χ1n) is 4.40. The number of aliphatic carboxylic acids is 1. The van der Waals surface area contributed by atoms with Crippen molar-refractivity contribution >= 4 is 11.9 Å². The highest BCUT2D eigenvalue weighted by Crippen LogP contribution is 2.11. The van der Waals surface area contributed by atoms with Gasteiger partial charge < -0.3 is 21.9 Å². The van der Waals surface area contributed by atoms with Crippen LogP contribution in [0.15, 0.2) is 4.99 Å². The fraction of sp³-hybridized carbons (Fsp3) is 0.750. The van der Waals surface area contributed by atoms with E-state index in [0.29, 0.717) is 19.4 Å². The Balaban J connectivity index is 3.97. The van der Waals surface area contributed by atoms with Crippen LogP contribution in [0, 0.1) is 0 Å². The van der Waals surface area contributed by atoms with Gasteiger partial charge in [0.05, 0.1) is 0 Å². The van der Waals surface area contributed by atoms with Crippen LogP contribution in [0.1, 0.15) is 19.8 Å². The zero-order chi connectivity index (χ0) is 11.2. The Morgan fingerprint density at radius 1 is 1.57 bits per heavy atom. The van der Waals surface area contributed by atoms with Gasteiger partial charge in [0.2, 0.25) is 0 Å². The van der Waals surface area contributed by atoms with Gasteiger partial charge in [-0.15, -0.1) is 0 Å². The van der Waals surface area contributed by atoms with Crippen LogP contribution < -0.4 is 16.8 Å². The van der Waals surface area contributed by atoms with E-state index in [1.165, 1.54) is 0 Å². The van der Waals surface area contributed by atoms with Crippen molar-refractivity contribution in [3.8, 4) is 0 Å². The minimum absolute atomic E-state index is 0.0338. The van der Waals surface area contributed by atoms with E-state index in [9.17, 15) is 4.79 Å². The molecule has 0 aromatic carbocycles. The Bertz CT molecular complexity index is 225. The average molecular weight is 202 g/mol. The molecule has 0 radical (unpaired) electrons. The smallest absolute Gasteiger partial charge is 0.323 e. The summed E-state index contributed by atoms with van der Waals surface area (Å²) in [5, 5.41) is 11.6. The molecule has 0 aromatic heterocycles. The summed E-state index contributed by atoms with van der Waals surface area (Å²) in [5.41, 5.74) is 9.36. The van der Waals surface area contributed by atoms with Crippen LogP contribution >= 0.6 is 0 Å². The lowest BCUT2D eigenvalue weighted by Gasteiger charge is -2.23. The van der Waals surface area contributed by atoms with E-state index < -0.39 is 11.5 Å². The number of carboxylic acid groups (broad SMARTS) is 1. The number of hydrogen-bond donors (Lipinski definition) is 4. The minimum atomic E-state index is -0.904. The van der Waals surface area contributed by atoms with Crippen LogP contribution in [-0.4, -0.2) is 36.2 Å². The lowest BCUT2D eigenvalue weighted by molar-refractivity contribution is -0.144. The third-order valence-corrected chi connectivity index (χ3v) is 2.15. The minimum Gasteiger partial charge on any atom is -0.480 e. The summed E-state index contributed by atoms with van der Waals surface area (Å²) in [6, 6.07) is 0. The normalized spacial score (nSPS) is 14.4. The van der Waals surface area contributed by atoms with E-state index in [1.54, 1.807) is 14.0 Å². The third kappa shape index (κ3) is 4.08. The van der Waals surface area contributed by atoms with E-state index in [2.05, 4.69) is 10.3 Å². The maximum Gasteiger partial charge on any atom is 0.323 e. The summed E-state index contributed by atoms with van der Waals surface area (Å²) in [7, 11) is 1.62. The highest BCUT2D eigenvalue weighted by atomic mass is 16.4. The zero-order valence-electron chi connectivity index (χ0n) is 8.58. The number of aliphatic imine (C=N–C) groups is 1. The van der Waals surface area contributed by atoms with Crippen LogP contribution in [0.2, 0.25) is 0 Å². The Morgan fingerprint density at radius 3 is 2.50 bits per heavy atom. The molecule has 0 aliphatic carbocycles. The summed E-state index contributed by atoms with van der Waals surface area (Å²) in [5.74, 6) is -0.837. The standard InChI is InChI=1S/C8H18N4O2/c1-8(11-2,6(13)14)4-3-5-12-7(9)10/h11H,3-5H2,1-2H3,(H,13,14)(H4,9,10,12). The molecule has 1 unspecified atom stereocenters. The van der Waals surface area contributed by atoms with Crippen molar-refractivity contribution in [2.75, 3.05) is 13.6 Å². The van der Waals surface area contributed by atoms with Crippen LogP contribution in [0.3, 0.4) is 0 Å². The average Bonchev–Trinajstić information content (AvgIpc) is 2.11. The molecule has 0 saturated carbocycles. The molecular formula is C8H18N4O2. The summed E-state index contributed by atoms with van der Waals surface area (Å²) in [6.45, 7) is 2.08. The second-order valence-electron chi connectivity index (χ2n) is 3.30. The molecule has 6 nitrogen and oxygen atoms in total. The molecule has 0 amide bonds. The Kier molecular flexibility index (Phi) is 4.93. The van der Waals surface area contributed by atoms with Gasteiger partial charge in [-0.1, -0.05) is 0 Å². The molecule has 0 fully saturated rings. The second-order valence-corrected chi connectivity index (χ2v) is 3.30. The van der Waals surface area contributed by atoms with Gasteiger partial charge in [-0.3, -0.25) is 9.79 Å². The summed E-state index contributed by atoms with van der Waals surface area (Å²) < 4.78 is 0. The van der Waals surface area contributed by atoms with Gasteiger partial charge in [0.15, 0.2) is 5.96 Å². The molecule has 6 N–H and O–H groups in total. The van der Waals surface area contributed by atoms with Crippen molar-refractivity contribution in [2.24, 2.45) is 16.5 Å². The van der Waals surface area contributed by atoms with Gasteiger partial charge >= 0.3 is 5.97 Å². The zero-order valence-corrected chi connectivity index (χ0v) is 8.58. The Labute approximate surface area is 83.4 Å². The maximum absolute atomic E-state index is 10.8. The number of rotatable bonds is 6. The fourth-order valence-electron chi connectivity index (χ4n) is 0.980. The molecule has 0 rings (SSSR count). The molecular weight excluding hydrogens is 184 g/mol. The molecule has 82 valence electrons. The van der Waals surface area contributed by atoms with Gasteiger partial charge in [-0.2, -0.15) is 0 Å². The largest absolute Gasteiger partial charge is 0.480 e. The second kappa shape index (κ2) is 5.43. The Morgan fingerprint density at radius 2 is 2.14 bits per heavy atom. The number of hydrogen-bond acceptors (Lipinski definition) is 3. The lowest BCUT2D eigenvalue weighted by atomic mass is 9.96. The monoisotopic (exact) mass is 202 g/mol. The predicted molar refractivity (Wildman–Crippen MR) is 55.0 cm³/mol. The van der Waals surface area contributed by atoms with E-state index in [-0.39, 0.29) is 5.96 Å². The molecule has 0 aromatic rings. The van der Waals surface area contributed by atoms with Crippen LogP contribution in [0.25, 0.3) is 0 Å². The first kappa shape index (κ1) is 12.7. The van der Waals surface area contributed by atoms with E-state index >= 15 is 0 Å². The number of nitrogens with zero attached hydrogens (tertiary/aromatic N) is 1. The molecule has 0 saturated heterocycles. The van der Waals surface area contributed by atoms with Gasteiger partial charge in [-0.05, 0) is 26.8 Å². The number of nitrogens with two attached hydrogens (primary N) is 2. The molecule has 0 bridgehead atoms. The lowest BCUT2D eigenvalue weighted by Crippen LogP contribution is -2.47. The summed E-state index contributed by atoms with van der Waals surface area (Å²) >= 11 is 0. The van der Waals surface area contributed by atoms with Crippen molar-refractivity contribution in [3.05, 3.63) is 0 Å². The molecule has 14 heavy (non-hydrogen) atoms. The molecule has 0 aliphatic rings. The fourth-order valence-corrected chi connectivity index (χ4v) is 0.980. The van der Waals surface area contributed by atoms with Gasteiger partial charge in [0.1, 0.15) is 5.54 Å². The van der Waals surface area contributed by atoms with Crippen LogP contribution in [0.5, 0.6) is 0 Å². The van der Waals surface area contributed by atoms with E-state index in [4.69, 9.17) is 16.6 Å². The maximum atomic E-state index is 10.8. The van der Waals surface area contributed by atoms with Crippen molar-refractivity contribution in [2.45, 2.75) is 25.3 Å². The first-order valence-corrected chi connectivity index (χ1v) is 4.40. The van der Waals surface area contributed by atoms with Crippen LogP contribution in [-0.2, 0) is 4.79 Å². The van der Waals surface area contributed by atoms with Crippen LogP contribution in [0.4, 0.5) is 0 Å². The number of carboxylic acids is 1. The SMILES string of the molecule is CNC(C)(CCCN=C(N)N)C(=O)O. The Hall–Kier alpha value is -1.30. The number of guanidine groups is 1. The molecule has 6 heteroatoms. The van der Waals surface area contributed by atoms with Gasteiger partial charge in [0.25, 0.3) is 0 Å². The topological polar surface area (TPSA) is 114 Å². The summed E-state index contributed by atoms with van der Waals surface area (Å²) in [4.78, 5) is 14.6. The molecule has 0 spiro atoms. The quantitative estimate of drug-likeness (QED) is 0.253. The van der Waals surface area contributed by atoms with Crippen molar-refractivity contribution in [1.82, 2.24) is 5.32 Å². The van der Waals surface area contributed by atoms with Crippen molar-refractivity contribution in [3.63, 3.8) is 0 Å². The summed E-state index contributed by atoms with van der Waals surface area (Å²) in [6.07, 6.45) is 1.11. The van der Waals surface area contributed by atoms with Crippen molar-refractivity contribution < 1.29 is 9.90 Å². The molecule has 0 heterocycles. The molecule has 0 aliphatic heterocycles. The highest BCUT2D eigenvalue weighted by molar-refractivity contribution is 5.78. The van der Waals surface area contributed by atoms with Crippen molar-refractivity contribution in [1.29, 1.82) is 0 Å². The number of carbonyl (C=O) groups is 1. The first-order chi connectivity index (χ1) is 6.42. The van der Waals surface area contributed by atoms with Gasteiger partial charge in [0, 0.05) is 6.54 Å². The van der Waals surface area contributed by atoms with E-state index in [0.717, 1.165) is 0 Å². The number of likely N-dealkylation sites (N-methyl/N-ethyl adjacent to an activating group) is 1. The molecule has 1 atom stereocenters.